The molecule has 3 aromatic carbocycles. The van der Waals surface area contributed by atoms with Crippen LogP contribution in [-0.2, 0) is 11.2 Å². The molecule has 1 fully saturated rings. The fourth-order valence-corrected chi connectivity index (χ4v) is 6.19. The molecule has 212 valence electrons. The Morgan fingerprint density at radius 2 is 1.68 bits per heavy atom. The highest BCUT2D eigenvalue weighted by Gasteiger charge is 2.36. The van der Waals surface area contributed by atoms with E-state index in [0.29, 0.717) is 28.5 Å². The molecule has 0 saturated heterocycles. The summed E-state index contributed by atoms with van der Waals surface area (Å²) in [6, 6.07) is 20.1. The third kappa shape index (κ3) is 6.08. The summed E-state index contributed by atoms with van der Waals surface area (Å²) in [7, 11) is 3.77. The van der Waals surface area contributed by atoms with Crippen LogP contribution in [0.25, 0.3) is 0 Å². The van der Waals surface area contributed by atoms with Gasteiger partial charge in [0.15, 0.2) is 11.5 Å². The number of hydrogen-bond donors (Lipinski definition) is 1. The van der Waals surface area contributed by atoms with Crippen molar-refractivity contribution < 1.29 is 14.3 Å². The first-order valence-electron chi connectivity index (χ1n) is 14.2. The molecular weight excluding hydrogens is 522 g/mol. The minimum absolute atomic E-state index is 0.0165. The number of hydrogen-bond acceptors (Lipinski definition) is 5. The second-order valence-electron chi connectivity index (χ2n) is 11.4. The first kappa shape index (κ1) is 28.3. The number of methoxy groups -OCH3 is 1. The maximum absolute atomic E-state index is 13.8. The van der Waals surface area contributed by atoms with Crippen LogP contribution in [0.5, 0.6) is 11.5 Å². The van der Waals surface area contributed by atoms with E-state index in [2.05, 4.69) is 36.2 Å². The Balaban J connectivity index is 1.49. The number of nitrogens with two attached hydrogens (primary N) is 1. The molecular formula is C33H40ClN3O3. The van der Waals surface area contributed by atoms with Gasteiger partial charge in [-0.1, -0.05) is 23.7 Å². The number of halogens is 1. The van der Waals surface area contributed by atoms with E-state index in [4.69, 9.17) is 26.8 Å². The van der Waals surface area contributed by atoms with Gasteiger partial charge in [0.1, 0.15) is 0 Å². The minimum atomic E-state index is -0.330. The average molecular weight is 562 g/mol. The van der Waals surface area contributed by atoms with Crippen LogP contribution in [-0.4, -0.2) is 38.8 Å². The Bertz CT molecular complexity index is 1320. The van der Waals surface area contributed by atoms with Crippen LogP contribution in [0.4, 0.5) is 11.4 Å². The van der Waals surface area contributed by atoms with E-state index in [1.807, 2.05) is 55.1 Å². The fourth-order valence-electron chi connectivity index (χ4n) is 6.06. The number of carbonyl (C=O) groups is 1. The number of anilines is 2. The van der Waals surface area contributed by atoms with E-state index >= 15 is 0 Å². The molecule has 0 aromatic heterocycles. The van der Waals surface area contributed by atoms with Gasteiger partial charge in [-0.2, -0.15) is 0 Å². The largest absolute Gasteiger partial charge is 0.493 e. The van der Waals surface area contributed by atoms with Crippen molar-refractivity contribution in [2.75, 3.05) is 30.5 Å². The average Bonchev–Trinajstić information content (AvgIpc) is 2.94. The van der Waals surface area contributed by atoms with Gasteiger partial charge in [-0.3, -0.25) is 4.79 Å². The van der Waals surface area contributed by atoms with Gasteiger partial charge >= 0.3 is 0 Å². The molecule has 2 N–H and O–H groups in total. The van der Waals surface area contributed by atoms with Gasteiger partial charge in [0.05, 0.1) is 25.7 Å². The lowest BCUT2D eigenvalue weighted by Crippen LogP contribution is -2.41. The predicted octanol–water partition coefficient (Wildman–Crippen LogP) is 6.77. The van der Waals surface area contributed by atoms with Crippen molar-refractivity contribution in [1.29, 1.82) is 0 Å². The van der Waals surface area contributed by atoms with Crippen LogP contribution in [0.1, 0.15) is 62.3 Å². The molecule has 40 heavy (non-hydrogen) atoms. The van der Waals surface area contributed by atoms with E-state index in [1.54, 1.807) is 7.11 Å². The Morgan fingerprint density at radius 1 is 1.00 bits per heavy atom. The first-order valence-corrected chi connectivity index (χ1v) is 14.6. The van der Waals surface area contributed by atoms with Crippen LogP contribution < -0.4 is 25.0 Å². The van der Waals surface area contributed by atoms with Gasteiger partial charge in [-0.05, 0) is 111 Å². The summed E-state index contributed by atoms with van der Waals surface area (Å²) in [4.78, 5) is 18.0. The zero-order valence-electron chi connectivity index (χ0n) is 23.9. The van der Waals surface area contributed by atoms with Crippen LogP contribution in [0.3, 0.4) is 0 Å². The lowest BCUT2D eigenvalue weighted by molar-refractivity contribution is -0.118. The Kier molecular flexibility index (Phi) is 8.57. The quantitative estimate of drug-likeness (QED) is 0.329. The second kappa shape index (κ2) is 12.1. The predicted molar refractivity (Wildman–Crippen MR) is 163 cm³/mol. The van der Waals surface area contributed by atoms with E-state index in [9.17, 15) is 4.79 Å². The molecule has 1 aliphatic carbocycles. The smallest absolute Gasteiger partial charge is 0.232 e. The molecule has 3 aromatic rings. The zero-order valence-corrected chi connectivity index (χ0v) is 24.7. The number of benzene rings is 3. The topological polar surface area (TPSA) is 68.0 Å². The molecule has 7 heteroatoms. The Morgan fingerprint density at radius 3 is 2.30 bits per heavy atom. The van der Waals surface area contributed by atoms with Crippen LogP contribution >= 0.6 is 11.6 Å². The standard InChI is InChI=1S/C33H40ClN3O3/c1-21(2)40-31-19-29-24(17-30(31)39-4)18-32(38)37(33(29)23-7-9-25(34)10-8-23)28-15-13-27(14-16-28)36(3)20-22-5-11-26(35)12-6-22/h7-10,13-17,19,21-22,26,33H,5-6,11-12,18,20,35H2,1-4H3/t22-,26-,33-/m0/s1. The van der Waals surface area contributed by atoms with Gasteiger partial charge in [0.25, 0.3) is 0 Å². The van der Waals surface area contributed by atoms with Crippen molar-refractivity contribution in [3.8, 4) is 11.5 Å². The molecule has 0 unspecified atom stereocenters. The maximum atomic E-state index is 13.8. The Labute approximate surface area is 243 Å². The van der Waals surface area contributed by atoms with E-state index in [0.717, 1.165) is 47.5 Å². The van der Waals surface area contributed by atoms with Crippen LogP contribution in [0.15, 0.2) is 60.7 Å². The highest BCUT2D eigenvalue weighted by molar-refractivity contribution is 6.30. The van der Waals surface area contributed by atoms with Crippen molar-refractivity contribution in [3.63, 3.8) is 0 Å². The molecule has 1 amide bonds. The summed E-state index contributed by atoms with van der Waals surface area (Å²) < 4.78 is 11.8. The molecule has 1 saturated carbocycles. The van der Waals surface area contributed by atoms with Gasteiger partial charge in [0, 0.05) is 36.0 Å². The lowest BCUT2D eigenvalue weighted by atomic mass is 9.86. The molecule has 0 radical (unpaired) electrons. The summed E-state index contributed by atoms with van der Waals surface area (Å²) >= 11 is 6.25. The number of carbonyl (C=O) groups excluding carboxylic acids is 1. The van der Waals surface area contributed by atoms with Crippen molar-refractivity contribution in [1.82, 2.24) is 0 Å². The third-order valence-electron chi connectivity index (χ3n) is 8.13. The summed E-state index contributed by atoms with van der Waals surface area (Å²) in [5.41, 5.74) is 11.1. The van der Waals surface area contributed by atoms with E-state index < -0.39 is 0 Å². The number of ether oxygens (including phenoxy) is 2. The van der Waals surface area contributed by atoms with Crippen molar-refractivity contribution in [2.24, 2.45) is 11.7 Å². The number of nitrogens with zero attached hydrogens (tertiary/aromatic N) is 2. The third-order valence-corrected chi connectivity index (χ3v) is 8.38. The molecule has 5 rings (SSSR count). The summed E-state index contributed by atoms with van der Waals surface area (Å²) in [6.07, 6.45) is 4.85. The maximum Gasteiger partial charge on any atom is 0.232 e. The molecule has 2 aliphatic rings. The fraction of sp³-hybridized carbons (Fsp3) is 0.424. The summed E-state index contributed by atoms with van der Waals surface area (Å²) in [5.74, 6) is 2.01. The monoisotopic (exact) mass is 561 g/mol. The van der Waals surface area contributed by atoms with E-state index in [-0.39, 0.29) is 24.5 Å². The normalized spacial score (nSPS) is 20.8. The van der Waals surface area contributed by atoms with E-state index in [1.165, 1.54) is 12.8 Å². The van der Waals surface area contributed by atoms with Crippen molar-refractivity contribution in [2.45, 2.75) is 64.1 Å². The van der Waals surface area contributed by atoms with Gasteiger partial charge in [0.2, 0.25) is 5.91 Å². The number of amides is 1. The number of fused-ring (bicyclic) bond motifs is 1. The van der Waals surface area contributed by atoms with Gasteiger partial charge in [-0.25, -0.2) is 0 Å². The van der Waals surface area contributed by atoms with Crippen molar-refractivity contribution in [3.05, 3.63) is 82.4 Å². The summed E-state index contributed by atoms with van der Waals surface area (Å²) in [5, 5.41) is 0.656. The van der Waals surface area contributed by atoms with Gasteiger partial charge in [-0.15, -0.1) is 0 Å². The minimum Gasteiger partial charge on any atom is -0.493 e. The summed E-state index contributed by atoms with van der Waals surface area (Å²) in [6.45, 7) is 5.00. The highest BCUT2D eigenvalue weighted by Crippen LogP contribution is 2.44. The van der Waals surface area contributed by atoms with Crippen molar-refractivity contribution >= 4 is 28.9 Å². The van der Waals surface area contributed by atoms with Gasteiger partial charge < -0.3 is 25.0 Å². The molecule has 1 heterocycles. The Hall–Kier alpha value is -3.22. The SMILES string of the molecule is COc1cc2c(cc1OC(C)C)[C@H](c1ccc(Cl)cc1)N(c1ccc(N(C)C[C@H]3CC[C@H](N)CC3)cc1)C(=O)C2. The second-order valence-corrected chi connectivity index (χ2v) is 11.9. The molecule has 0 bridgehead atoms. The zero-order chi connectivity index (χ0) is 28.4. The molecule has 1 atom stereocenters. The first-order chi connectivity index (χ1) is 19.2. The molecule has 0 spiro atoms. The molecule has 6 nitrogen and oxygen atoms in total. The van der Waals surface area contributed by atoms with Crippen LogP contribution in [0, 0.1) is 5.92 Å². The van der Waals surface area contributed by atoms with Crippen LogP contribution in [0.2, 0.25) is 5.02 Å². The lowest BCUT2D eigenvalue weighted by Gasteiger charge is -2.38. The highest BCUT2D eigenvalue weighted by atomic mass is 35.5. The molecule has 1 aliphatic heterocycles. The number of rotatable bonds is 8.